The van der Waals surface area contributed by atoms with E-state index >= 15 is 0 Å². The molecule has 6 heteroatoms. The molecule has 0 spiro atoms. The predicted molar refractivity (Wildman–Crippen MR) is 110 cm³/mol. The number of anilines is 1. The van der Waals surface area contributed by atoms with Gasteiger partial charge < -0.3 is 5.32 Å². The van der Waals surface area contributed by atoms with E-state index in [1.165, 1.54) is 17.3 Å². The van der Waals surface area contributed by atoms with Gasteiger partial charge in [0.25, 0.3) is 0 Å². The van der Waals surface area contributed by atoms with Gasteiger partial charge in [0.2, 0.25) is 11.8 Å². The maximum Gasteiger partial charge on any atom is 0.241 e. The summed E-state index contributed by atoms with van der Waals surface area (Å²) in [6.07, 6.45) is 1.68. The first-order chi connectivity index (χ1) is 12.8. The molecule has 0 aromatic heterocycles. The van der Waals surface area contributed by atoms with Crippen molar-refractivity contribution in [3.8, 4) is 0 Å². The molecule has 2 N–H and O–H groups in total. The molecule has 2 aromatic rings. The van der Waals surface area contributed by atoms with E-state index in [-0.39, 0.29) is 23.7 Å². The van der Waals surface area contributed by atoms with Gasteiger partial charge in [-0.15, -0.1) is 11.8 Å². The Kier molecular flexibility index (Phi) is 5.65. The minimum atomic E-state index is -0.457. The van der Waals surface area contributed by atoms with Crippen LogP contribution in [-0.2, 0) is 15.0 Å². The highest BCUT2D eigenvalue weighted by atomic mass is 32.2. The van der Waals surface area contributed by atoms with Crippen molar-refractivity contribution < 1.29 is 9.59 Å². The molecular weight excluding hydrogens is 358 g/mol. The van der Waals surface area contributed by atoms with Crippen molar-refractivity contribution in [2.75, 3.05) is 5.32 Å². The fraction of sp³-hybridized carbons (Fsp3) is 0.286. The molecule has 5 nitrogen and oxygen atoms in total. The average Bonchev–Trinajstić information content (AvgIpc) is 2.62. The summed E-state index contributed by atoms with van der Waals surface area (Å²) in [5.74, 6) is -0.444. The summed E-state index contributed by atoms with van der Waals surface area (Å²) < 4.78 is 0. The summed E-state index contributed by atoms with van der Waals surface area (Å²) in [6.45, 7) is 6.48. The van der Waals surface area contributed by atoms with Gasteiger partial charge in [-0.05, 0) is 28.7 Å². The molecule has 3 rings (SSSR count). The molecule has 0 saturated carbocycles. The molecular formula is C21H23N3O2S. The molecule has 1 unspecified atom stereocenters. The molecule has 140 valence electrons. The van der Waals surface area contributed by atoms with Gasteiger partial charge in [-0.25, -0.2) is 5.43 Å². The fourth-order valence-electron chi connectivity index (χ4n) is 2.69. The van der Waals surface area contributed by atoms with Crippen molar-refractivity contribution in [3.63, 3.8) is 0 Å². The average molecular weight is 382 g/mol. The Bertz CT molecular complexity index is 870. The van der Waals surface area contributed by atoms with Crippen LogP contribution in [0.1, 0.15) is 38.3 Å². The highest BCUT2D eigenvalue weighted by Gasteiger charge is 2.28. The third kappa shape index (κ3) is 4.98. The second-order valence-electron chi connectivity index (χ2n) is 7.46. The number of nitrogens with zero attached hydrogens (tertiary/aromatic N) is 1. The second-order valence-corrected chi connectivity index (χ2v) is 8.71. The number of nitrogens with one attached hydrogen (secondary N) is 2. The van der Waals surface area contributed by atoms with E-state index in [0.29, 0.717) is 0 Å². The van der Waals surface area contributed by atoms with Gasteiger partial charge in [0.15, 0.2) is 0 Å². The van der Waals surface area contributed by atoms with Crippen LogP contribution in [0.5, 0.6) is 0 Å². The lowest BCUT2D eigenvalue weighted by Gasteiger charge is -2.23. The zero-order chi connectivity index (χ0) is 19.4. The van der Waals surface area contributed by atoms with E-state index in [2.05, 4.69) is 48.7 Å². The van der Waals surface area contributed by atoms with Gasteiger partial charge >= 0.3 is 0 Å². The summed E-state index contributed by atoms with van der Waals surface area (Å²) in [6, 6.07) is 15.6. The number of benzene rings is 2. The Hall–Kier alpha value is -2.60. The van der Waals surface area contributed by atoms with Crippen molar-refractivity contribution in [1.29, 1.82) is 0 Å². The molecule has 27 heavy (non-hydrogen) atoms. The Labute approximate surface area is 163 Å². The van der Waals surface area contributed by atoms with Crippen molar-refractivity contribution in [1.82, 2.24) is 5.43 Å². The van der Waals surface area contributed by atoms with E-state index in [9.17, 15) is 9.59 Å². The molecule has 1 aliphatic heterocycles. The second kappa shape index (κ2) is 7.96. The first-order valence-electron chi connectivity index (χ1n) is 8.82. The number of amides is 2. The van der Waals surface area contributed by atoms with Gasteiger partial charge in [0.1, 0.15) is 0 Å². The minimum Gasteiger partial charge on any atom is -0.324 e. The summed E-state index contributed by atoms with van der Waals surface area (Å²) in [7, 11) is 0. The number of para-hydroxylation sites is 1. The van der Waals surface area contributed by atoms with Crippen LogP contribution in [0.3, 0.4) is 0 Å². The largest absolute Gasteiger partial charge is 0.324 e. The number of thioether (sulfide) groups is 1. The van der Waals surface area contributed by atoms with Crippen LogP contribution in [0.4, 0.5) is 5.69 Å². The van der Waals surface area contributed by atoms with Crippen molar-refractivity contribution in [2.24, 2.45) is 5.10 Å². The van der Waals surface area contributed by atoms with Crippen LogP contribution < -0.4 is 10.7 Å². The first-order valence-corrected chi connectivity index (χ1v) is 9.70. The van der Waals surface area contributed by atoms with Gasteiger partial charge in [-0.1, -0.05) is 57.2 Å². The van der Waals surface area contributed by atoms with Crippen molar-refractivity contribution in [3.05, 3.63) is 59.7 Å². The molecule has 0 aliphatic carbocycles. The Morgan fingerprint density at radius 3 is 2.59 bits per heavy atom. The Morgan fingerprint density at radius 2 is 1.89 bits per heavy atom. The highest BCUT2D eigenvalue weighted by Crippen LogP contribution is 2.36. The quantitative estimate of drug-likeness (QED) is 0.622. The van der Waals surface area contributed by atoms with Crippen molar-refractivity contribution >= 4 is 35.5 Å². The third-order valence-electron chi connectivity index (χ3n) is 4.26. The Morgan fingerprint density at radius 1 is 1.19 bits per heavy atom. The van der Waals surface area contributed by atoms with Crippen LogP contribution in [0.2, 0.25) is 0 Å². The molecule has 0 radical (unpaired) electrons. The van der Waals surface area contributed by atoms with Crippen LogP contribution in [0.25, 0.3) is 0 Å². The molecule has 2 aromatic carbocycles. The van der Waals surface area contributed by atoms with Gasteiger partial charge in [-0.3, -0.25) is 9.59 Å². The molecule has 0 fully saturated rings. The number of rotatable bonds is 4. The summed E-state index contributed by atoms with van der Waals surface area (Å²) in [5, 5.41) is 6.38. The topological polar surface area (TPSA) is 70.6 Å². The standard InChI is InChI=1S/C21H23N3O2S/c1-21(2,3)15-10-8-14(9-11-15)13-22-24-19(25)12-18-20(26)23-16-6-4-5-7-17(16)27-18/h4-11,13,18H,12H2,1-3H3,(H,23,26)(H,24,25)/b22-13+. The number of hydrogen-bond donors (Lipinski definition) is 2. The lowest BCUT2D eigenvalue weighted by atomic mass is 9.87. The number of carbonyl (C=O) groups excluding carboxylic acids is 2. The molecule has 1 heterocycles. The zero-order valence-corrected chi connectivity index (χ0v) is 16.5. The predicted octanol–water partition coefficient (Wildman–Crippen LogP) is 3.94. The first kappa shape index (κ1) is 19.2. The minimum absolute atomic E-state index is 0.0745. The molecule has 1 aliphatic rings. The van der Waals surface area contributed by atoms with Crippen LogP contribution in [-0.4, -0.2) is 23.3 Å². The number of fused-ring (bicyclic) bond motifs is 1. The molecule has 2 amide bonds. The van der Waals surface area contributed by atoms with E-state index in [1.54, 1.807) is 6.21 Å². The lowest BCUT2D eigenvalue weighted by molar-refractivity contribution is -0.124. The van der Waals surface area contributed by atoms with Crippen molar-refractivity contribution in [2.45, 2.75) is 42.8 Å². The summed E-state index contributed by atoms with van der Waals surface area (Å²) >= 11 is 1.40. The van der Waals surface area contributed by atoms with Gasteiger partial charge in [-0.2, -0.15) is 5.10 Å². The van der Waals surface area contributed by atoms with E-state index in [1.807, 2.05) is 36.4 Å². The summed E-state index contributed by atoms with van der Waals surface area (Å²) in [5.41, 5.74) is 5.54. The maximum absolute atomic E-state index is 12.2. The lowest BCUT2D eigenvalue weighted by Crippen LogP contribution is -2.33. The van der Waals surface area contributed by atoms with Crippen LogP contribution >= 0.6 is 11.8 Å². The maximum atomic E-state index is 12.2. The number of hydrazone groups is 1. The normalized spacial score (nSPS) is 16.7. The molecule has 0 bridgehead atoms. The van der Waals surface area contributed by atoms with E-state index < -0.39 is 5.25 Å². The van der Waals surface area contributed by atoms with E-state index in [4.69, 9.17) is 0 Å². The van der Waals surface area contributed by atoms with Gasteiger partial charge in [0.05, 0.1) is 17.2 Å². The smallest absolute Gasteiger partial charge is 0.241 e. The van der Waals surface area contributed by atoms with Gasteiger partial charge in [0, 0.05) is 11.3 Å². The summed E-state index contributed by atoms with van der Waals surface area (Å²) in [4.78, 5) is 25.2. The zero-order valence-electron chi connectivity index (χ0n) is 15.7. The molecule has 1 atom stereocenters. The third-order valence-corrected chi connectivity index (χ3v) is 5.53. The Balaban J connectivity index is 1.54. The number of carbonyl (C=O) groups is 2. The van der Waals surface area contributed by atoms with Crippen LogP contribution in [0.15, 0.2) is 58.5 Å². The fourth-order valence-corrected chi connectivity index (χ4v) is 3.80. The number of hydrogen-bond acceptors (Lipinski definition) is 4. The highest BCUT2D eigenvalue weighted by molar-refractivity contribution is 8.01. The van der Waals surface area contributed by atoms with Crippen LogP contribution in [0, 0.1) is 0 Å². The molecule has 0 saturated heterocycles. The van der Waals surface area contributed by atoms with E-state index in [0.717, 1.165) is 16.1 Å². The monoisotopic (exact) mass is 381 g/mol. The SMILES string of the molecule is CC(C)(C)c1ccc(/C=N/NC(=O)CC2Sc3ccccc3NC2=O)cc1.